The molecule has 2 rings (SSSR count). The third-order valence-electron chi connectivity index (χ3n) is 3.30. The molecule has 0 radical (unpaired) electrons. The second-order valence-electron chi connectivity index (χ2n) is 6.24. The summed E-state index contributed by atoms with van der Waals surface area (Å²) >= 11 is 0. The van der Waals surface area contributed by atoms with Crippen LogP contribution in [0.2, 0.25) is 0 Å². The predicted molar refractivity (Wildman–Crippen MR) is 85.2 cm³/mol. The number of imidazole rings is 1. The van der Waals surface area contributed by atoms with Gasteiger partial charge in [-0.2, -0.15) is 0 Å². The van der Waals surface area contributed by atoms with E-state index in [1.165, 1.54) is 0 Å². The molecular formula is C15H24N6. The lowest BCUT2D eigenvalue weighted by Gasteiger charge is -2.19. The fourth-order valence-corrected chi connectivity index (χ4v) is 1.93. The molecule has 2 aromatic rings. The van der Waals surface area contributed by atoms with Gasteiger partial charge in [0, 0.05) is 36.5 Å². The number of nitrogens with two attached hydrogens (primary N) is 1. The van der Waals surface area contributed by atoms with Crippen molar-refractivity contribution in [3.05, 3.63) is 30.1 Å². The number of aromatic nitrogens is 4. The van der Waals surface area contributed by atoms with E-state index in [9.17, 15) is 0 Å². The number of hydrogen-bond donors (Lipinski definition) is 2. The number of nitrogens with one attached hydrogen (secondary N) is 1. The predicted octanol–water partition coefficient (Wildman–Crippen LogP) is 2.36. The van der Waals surface area contributed by atoms with Gasteiger partial charge in [-0.25, -0.2) is 15.0 Å². The molecule has 114 valence electrons. The lowest BCUT2D eigenvalue weighted by atomic mass is 9.95. The molecule has 0 amide bonds. The molecule has 6 nitrogen and oxygen atoms in total. The summed E-state index contributed by atoms with van der Waals surface area (Å²) in [6.07, 6.45) is 6.57. The quantitative estimate of drug-likeness (QED) is 0.825. The lowest BCUT2D eigenvalue weighted by Crippen LogP contribution is -2.20. The third kappa shape index (κ3) is 3.93. The molecule has 0 saturated heterocycles. The average Bonchev–Trinajstić information content (AvgIpc) is 2.91. The number of nitrogen functional groups attached to an aromatic ring is 1. The van der Waals surface area contributed by atoms with Crippen molar-refractivity contribution in [1.82, 2.24) is 19.5 Å². The first kappa shape index (κ1) is 15.3. The summed E-state index contributed by atoms with van der Waals surface area (Å²) in [5, 5.41) is 3.36. The molecular weight excluding hydrogens is 264 g/mol. The molecule has 0 unspecified atom stereocenters. The largest absolute Gasteiger partial charge is 0.383 e. The van der Waals surface area contributed by atoms with Crippen LogP contribution in [0.4, 0.5) is 11.6 Å². The Bertz CT molecular complexity index is 583. The summed E-state index contributed by atoms with van der Waals surface area (Å²) in [5.41, 5.74) is 6.79. The molecule has 2 aromatic heterocycles. The van der Waals surface area contributed by atoms with Gasteiger partial charge in [-0.15, -0.1) is 0 Å². The fraction of sp³-hybridized carbons (Fsp3) is 0.533. The van der Waals surface area contributed by atoms with Crippen molar-refractivity contribution in [2.75, 3.05) is 17.6 Å². The van der Waals surface area contributed by atoms with Crippen molar-refractivity contribution in [1.29, 1.82) is 0 Å². The molecule has 6 heteroatoms. The van der Waals surface area contributed by atoms with Gasteiger partial charge in [-0.05, 0) is 13.3 Å². The van der Waals surface area contributed by atoms with Crippen LogP contribution in [0.25, 0.3) is 0 Å². The molecule has 2 heterocycles. The second-order valence-corrected chi connectivity index (χ2v) is 6.24. The normalized spacial score (nSPS) is 11.6. The summed E-state index contributed by atoms with van der Waals surface area (Å²) < 4.78 is 2.06. The monoisotopic (exact) mass is 288 g/mol. The number of hydrogen-bond acceptors (Lipinski definition) is 5. The topological polar surface area (TPSA) is 81.6 Å². The van der Waals surface area contributed by atoms with Crippen molar-refractivity contribution >= 4 is 11.6 Å². The Labute approximate surface area is 125 Å². The summed E-state index contributed by atoms with van der Waals surface area (Å²) in [6.45, 7) is 9.96. The Morgan fingerprint density at radius 2 is 2.05 bits per heavy atom. The maximum Gasteiger partial charge on any atom is 0.138 e. The average molecular weight is 288 g/mol. The molecule has 0 aromatic carbocycles. The molecule has 0 aliphatic heterocycles. The maximum absolute atomic E-state index is 6.00. The zero-order chi connectivity index (χ0) is 15.5. The van der Waals surface area contributed by atoms with Gasteiger partial charge < -0.3 is 15.6 Å². The van der Waals surface area contributed by atoms with E-state index in [4.69, 9.17) is 5.73 Å². The summed E-state index contributed by atoms with van der Waals surface area (Å²) in [5.74, 6) is 2.15. The van der Waals surface area contributed by atoms with Crippen molar-refractivity contribution < 1.29 is 0 Å². The minimum Gasteiger partial charge on any atom is -0.383 e. The summed E-state index contributed by atoms with van der Waals surface area (Å²) in [7, 11) is 0. The van der Waals surface area contributed by atoms with Crippen LogP contribution >= 0.6 is 0 Å². The first-order valence-electron chi connectivity index (χ1n) is 7.22. The van der Waals surface area contributed by atoms with E-state index >= 15 is 0 Å². The minimum atomic E-state index is -0.116. The first-order valence-corrected chi connectivity index (χ1v) is 7.22. The Hall–Kier alpha value is -2.11. The van der Waals surface area contributed by atoms with Crippen molar-refractivity contribution in [2.45, 2.75) is 46.1 Å². The second kappa shape index (κ2) is 6.11. The van der Waals surface area contributed by atoms with E-state index in [2.05, 4.69) is 45.6 Å². The zero-order valence-electron chi connectivity index (χ0n) is 13.2. The van der Waals surface area contributed by atoms with Crippen LogP contribution < -0.4 is 11.1 Å². The van der Waals surface area contributed by atoms with Crippen LogP contribution in [-0.4, -0.2) is 26.1 Å². The third-order valence-corrected chi connectivity index (χ3v) is 3.30. The van der Waals surface area contributed by atoms with Crippen LogP contribution in [0, 0.1) is 6.92 Å². The molecule has 0 fully saturated rings. The van der Waals surface area contributed by atoms with Crippen LogP contribution in [-0.2, 0) is 12.0 Å². The Morgan fingerprint density at radius 3 is 2.67 bits per heavy atom. The highest BCUT2D eigenvalue weighted by atomic mass is 15.1. The smallest absolute Gasteiger partial charge is 0.138 e. The van der Waals surface area contributed by atoms with Gasteiger partial charge in [-0.1, -0.05) is 20.8 Å². The van der Waals surface area contributed by atoms with E-state index in [1.807, 2.05) is 19.4 Å². The van der Waals surface area contributed by atoms with Gasteiger partial charge in [0.2, 0.25) is 0 Å². The van der Waals surface area contributed by atoms with Crippen molar-refractivity contribution in [2.24, 2.45) is 0 Å². The maximum atomic E-state index is 6.00. The number of nitrogens with zero attached hydrogens (tertiary/aromatic N) is 4. The first-order chi connectivity index (χ1) is 9.88. The van der Waals surface area contributed by atoms with E-state index in [-0.39, 0.29) is 5.41 Å². The molecule has 0 atom stereocenters. The van der Waals surface area contributed by atoms with Gasteiger partial charge in [0.25, 0.3) is 0 Å². The Balaban J connectivity index is 2.00. The number of anilines is 2. The van der Waals surface area contributed by atoms with Gasteiger partial charge in [-0.3, -0.25) is 0 Å². The van der Waals surface area contributed by atoms with Crippen LogP contribution in [0.15, 0.2) is 18.7 Å². The molecule has 0 aliphatic carbocycles. The van der Waals surface area contributed by atoms with Crippen molar-refractivity contribution in [3.63, 3.8) is 0 Å². The molecule has 21 heavy (non-hydrogen) atoms. The van der Waals surface area contributed by atoms with Crippen LogP contribution in [0.1, 0.15) is 38.6 Å². The summed E-state index contributed by atoms with van der Waals surface area (Å²) in [6, 6.07) is 0. The van der Waals surface area contributed by atoms with E-state index in [1.54, 1.807) is 6.20 Å². The highest BCUT2D eigenvalue weighted by Gasteiger charge is 2.20. The van der Waals surface area contributed by atoms with Crippen molar-refractivity contribution in [3.8, 4) is 0 Å². The molecule has 0 saturated carbocycles. The lowest BCUT2D eigenvalue weighted by molar-refractivity contribution is 0.546. The SMILES string of the molecule is Cc1c(N)nc(C(C)(C)C)nc1NCCCn1ccnc1. The van der Waals surface area contributed by atoms with Gasteiger partial charge in [0.1, 0.15) is 17.5 Å². The van der Waals surface area contributed by atoms with Crippen LogP contribution in [0.5, 0.6) is 0 Å². The number of rotatable bonds is 5. The zero-order valence-corrected chi connectivity index (χ0v) is 13.2. The standard InChI is InChI=1S/C15H24N6/c1-11-12(16)19-14(15(2,3)4)20-13(11)18-6-5-8-21-9-7-17-10-21/h7,9-10H,5-6,8H2,1-4H3,(H3,16,18,19,20). The van der Waals surface area contributed by atoms with E-state index in [0.717, 1.165) is 36.7 Å². The van der Waals surface area contributed by atoms with Gasteiger partial charge in [0.05, 0.1) is 6.33 Å². The minimum absolute atomic E-state index is 0.116. The molecule has 0 bridgehead atoms. The summed E-state index contributed by atoms with van der Waals surface area (Å²) in [4.78, 5) is 13.0. The molecule has 3 N–H and O–H groups in total. The highest BCUT2D eigenvalue weighted by molar-refractivity contribution is 5.55. The molecule has 0 aliphatic rings. The molecule has 0 spiro atoms. The Kier molecular flexibility index (Phi) is 4.45. The Morgan fingerprint density at radius 1 is 1.29 bits per heavy atom. The highest BCUT2D eigenvalue weighted by Crippen LogP contribution is 2.24. The van der Waals surface area contributed by atoms with E-state index < -0.39 is 0 Å². The fourth-order valence-electron chi connectivity index (χ4n) is 1.93. The van der Waals surface area contributed by atoms with Crippen LogP contribution in [0.3, 0.4) is 0 Å². The van der Waals surface area contributed by atoms with Gasteiger partial charge in [0.15, 0.2) is 0 Å². The van der Waals surface area contributed by atoms with E-state index in [0.29, 0.717) is 5.82 Å². The van der Waals surface area contributed by atoms with Gasteiger partial charge >= 0.3 is 0 Å². The number of aryl methyl sites for hydroxylation is 1.